The molecule has 134 valence electrons. The Kier molecular flexibility index (Phi) is 6.64. The fraction of sp³-hybridized carbons (Fsp3) is 0.312. The second-order valence-corrected chi connectivity index (χ2v) is 7.10. The van der Waals surface area contributed by atoms with E-state index in [1.807, 2.05) is 0 Å². The van der Waals surface area contributed by atoms with Gasteiger partial charge in [-0.05, 0) is 31.5 Å². The van der Waals surface area contributed by atoms with Crippen LogP contribution in [0.3, 0.4) is 0 Å². The Morgan fingerprint density at radius 1 is 1.28 bits per heavy atom. The summed E-state index contributed by atoms with van der Waals surface area (Å²) in [5, 5.41) is 7.15. The lowest BCUT2D eigenvalue weighted by molar-refractivity contribution is -0.129. The van der Waals surface area contributed by atoms with Crippen LogP contribution >= 0.6 is 34.5 Å². The lowest BCUT2D eigenvalue weighted by Crippen LogP contribution is -2.37. The summed E-state index contributed by atoms with van der Waals surface area (Å²) in [5.41, 5.74) is 0.721. The first-order chi connectivity index (χ1) is 11.8. The molecule has 0 radical (unpaired) electrons. The average Bonchev–Trinajstić information content (AvgIpc) is 3.03. The Morgan fingerprint density at radius 2 is 2.00 bits per heavy atom. The zero-order chi connectivity index (χ0) is 18.6. The molecule has 0 spiro atoms. The van der Waals surface area contributed by atoms with Gasteiger partial charge in [-0.3, -0.25) is 4.79 Å². The summed E-state index contributed by atoms with van der Waals surface area (Å²) in [4.78, 5) is 28.6. The van der Waals surface area contributed by atoms with Gasteiger partial charge in [0, 0.05) is 17.1 Å². The van der Waals surface area contributed by atoms with Crippen molar-refractivity contribution in [2.75, 3.05) is 12.4 Å². The maximum Gasteiger partial charge on any atom is 0.350 e. The van der Waals surface area contributed by atoms with Crippen LogP contribution in [0.25, 0.3) is 0 Å². The molecule has 0 saturated heterocycles. The van der Waals surface area contributed by atoms with Gasteiger partial charge in [0.2, 0.25) is 0 Å². The summed E-state index contributed by atoms with van der Waals surface area (Å²) < 4.78 is 5.18. The summed E-state index contributed by atoms with van der Waals surface area (Å²) in [6.07, 6.45) is 0.445. The Labute approximate surface area is 159 Å². The van der Waals surface area contributed by atoms with Crippen LogP contribution in [-0.4, -0.2) is 30.0 Å². The molecule has 0 aliphatic carbocycles. The number of nitrogens with zero attached hydrogens (tertiary/aromatic N) is 1. The molecular weight excluding hydrogens is 385 g/mol. The van der Waals surface area contributed by atoms with Gasteiger partial charge in [-0.25, -0.2) is 9.78 Å². The predicted molar refractivity (Wildman–Crippen MR) is 99.6 cm³/mol. The van der Waals surface area contributed by atoms with Gasteiger partial charge in [0.1, 0.15) is 4.88 Å². The minimum atomic E-state index is -0.957. The quantitative estimate of drug-likeness (QED) is 0.716. The number of carbonyl (C=O) groups is 2. The van der Waals surface area contributed by atoms with E-state index in [0.29, 0.717) is 20.1 Å². The molecule has 25 heavy (non-hydrogen) atoms. The maximum atomic E-state index is 12.3. The van der Waals surface area contributed by atoms with Crippen LogP contribution in [0, 0.1) is 0 Å². The number of benzene rings is 1. The molecule has 0 fully saturated rings. The van der Waals surface area contributed by atoms with Crippen LogP contribution in [-0.2, 0) is 9.53 Å². The van der Waals surface area contributed by atoms with Crippen molar-refractivity contribution in [2.45, 2.75) is 26.0 Å². The number of amides is 1. The molecule has 6 nitrogen and oxygen atoms in total. The Bertz CT molecular complexity index is 782. The highest BCUT2D eigenvalue weighted by atomic mass is 35.5. The molecule has 0 bridgehead atoms. The first-order valence-electron chi connectivity index (χ1n) is 7.41. The number of carbonyl (C=O) groups excluding carboxylic acids is 2. The minimum Gasteiger partial charge on any atom is -0.448 e. The van der Waals surface area contributed by atoms with Crippen LogP contribution in [0.1, 0.15) is 35.1 Å². The normalized spacial score (nSPS) is 13.0. The largest absolute Gasteiger partial charge is 0.448 e. The number of anilines is 1. The molecule has 1 amide bonds. The van der Waals surface area contributed by atoms with E-state index < -0.39 is 18.0 Å². The van der Waals surface area contributed by atoms with Crippen LogP contribution in [0.5, 0.6) is 0 Å². The molecular formula is C16H17Cl2N3O3S. The zero-order valence-corrected chi connectivity index (χ0v) is 16.1. The monoisotopic (exact) mass is 401 g/mol. The number of nitrogens with one attached hydrogen (secondary N) is 2. The number of hydrogen-bond acceptors (Lipinski definition) is 6. The summed E-state index contributed by atoms with van der Waals surface area (Å²) in [6.45, 7) is 3.29. The maximum absolute atomic E-state index is 12.3. The Balaban J connectivity index is 1.96. The number of aromatic nitrogens is 1. The van der Waals surface area contributed by atoms with Gasteiger partial charge >= 0.3 is 5.97 Å². The van der Waals surface area contributed by atoms with E-state index in [0.717, 1.165) is 16.9 Å². The average molecular weight is 402 g/mol. The van der Waals surface area contributed by atoms with E-state index in [1.54, 1.807) is 32.2 Å². The first kappa shape index (κ1) is 19.5. The zero-order valence-electron chi connectivity index (χ0n) is 13.8. The summed E-state index contributed by atoms with van der Waals surface area (Å²) in [6, 6.07) is 4.67. The third-order valence-electron chi connectivity index (χ3n) is 3.36. The third-order valence-corrected chi connectivity index (χ3v) is 4.92. The fourth-order valence-corrected chi connectivity index (χ4v) is 3.24. The molecule has 0 aliphatic heterocycles. The Morgan fingerprint density at radius 3 is 2.60 bits per heavy atom. The second kappa shape index (κ2) is 8.51. The smallest absolute Gasteiger partial charge is 0.350 e. The summed E-state index contributed by atoms with van der Waals surface area (Å²) in [5.74, 6) is -1.02. The van der Waals surface area contributed by atoms with Gasteiger partial charge in [-0.2, -0.15) is 0 Å². The van der Waals surface area contributed by atoms with Gasteiger partial charge in [0.05, 0.1) is 12.2 Å². The SMILES string of the molecule is CNc1ncc(C(=O)O[C@@H](C)C(=O)N[C@@H](C)c2ccc(Cl)cc2Cl)s1. The standard InChI is InChI=1S/C16H17Cl2N3O3S/c1-8(11-5-4-10(17)6-12(11)18)21-14(22)9(2)24-15(23)13-7-20-16(19-3)25-13/h4-9H,1-3H3,(H,19,20)(H,21,22)/t8-,9-/m0/s1. The van der Waals surface area contributed by atoms with Gasteiger partial charge in [-0.1, -0.05) is 40.6 Å². The van der Waals surface area contributed by atoms with Crippen LogP contribution in [0.2, 0.25) is 10.0 Å². The lowest BCUT2D eigenvalue weighted by atomic mass is 10.1. The van der Waals surface area contributed by atoms with E-state index in [4.69, 9.17) is 27.9 Å². The number of esters is 1. The second-order valence-electron chi connectivity index (χ2n) is 5.22. The highest BCUT2D eigenvalue weighted by Gasteiger charge is 2.22. The molecule has 2 atom stereocenters. The first-order valence-corrected chi connectivity index (χ1v) is 8.99. The van der Waals surface area contributed by atoms with Crippen molar-refractivity contribution in [1.82, 2.24) is 10.3 Å². The van der Waals surface area contributed by atoms with Gasteiger partial charge in [-0.15, -0.1) is 0 Å². The predicted octanol–water partition coefficient (Wildman–Crippen LogP) is 3.91. The lowest BCUT2D eigenvalue weighted by Gasteiger charge is -2.19. The highest BCUT2D eigenvalue weighted by Crippen LogP contribution is 2.26. The third kappa shape index (κ3) is 5.07. The molecule has 9 heteroatoms. The van der Waals surface area contributed by atoms with Crippen LogP contribution in [0.15, 0.2) is 24.4 Å². The summed E-state index contributed by atoms with van der Waals surface area (Å²) >= 11 is 13.2. The molecule has 0 saturated carbocycles. The van der Waals surface area contributed by atoms with E-state index in [2.05, 4.69) is 15.6 Å². The van der Waals surface area contributed by atoms with Gasteiger partial charge in [0.15, 0.2) is 11.2 Å². The number of hydrogen-bond donors (Lipinski definition) is 2. The highest BCUT2D eigenvalue weighted by molar-refractivity contribution is 7.17. The molecule has 0 unspecified atom stereocenters. The van der Waals surface area contributed by atoms with Gasteiger partial charge < -0.3 is 15.4 Å². The molecule has 1 aromatic heterocycles. The van der Waals surface area contributed by atoms with E-state index >= 15 is 0 Å². The Hall–Kier alpha value is -1.83. The van der Waals surface area contributed by atoms with Crippen molar-refractivity contribution in [3.63, 3.8) is 0 Å². The minimum absolute atomic E-state index is 0.317. The number of halogens is 2. The van der Waals surface area contributed by atoms with Crippen LogP contribution in [0.4, 0.5) is 5.13 Å². The van der Waals surface area contributed by atoms with Gasteiger partial charge in [0.25, 0.3) is 5.91 Å². The van der Waals surface area contributed by atoms with Crippen molar-refractivity contribution in [3.8, 4) is 0 Å². The molecule has 2 rings (SSSR count). The van der Waals surface area contributed by atoms with E-state index in [1.165, 1.54) is 13.1 Å². The van der Waals surface area contributed by atoms with Crippen molar-refractivity contribution in [2.24, 2.45) is 0 Å². The number of ether oxygens (including phenoxy) is 1. The molecule has 0 aliphatic rings. The summed E-state index contributed by atoms with van der Waals surface area (Å²) in [7, 11) is 1.70. The molecule has 1 heterocycles. The molecule has 1 aromatic carbocycles. The number of thiazole rings is 1. The topological polar surface area (TPSA) is 80.3 Å². The van der Waals surface area contributed by atoms with Crippen LogP contribution < -0.4 is 10.6 Å². The van der Waals surface area contributed by atoms with E-state index in [-0.39, 0.29) is 6.04 Å². The fourth-order valence-electron chi connectivity index (χ4n) is 2.02. The molecule has 2 N–H and O–H groups in total. The van der Waals surface area contributed by atoms with Crippen molar-refractivity contribution < 1.29 is 14.3 Å². The van der Waals surface area contributed by atoms with E-state index in [9.17, 15) is 9.59 Å². The van der Waals surface area contributed by atoms with Crippen molar-refractivity contribution in [1.29, 1.82) is 0 Å². The number of rotatable bonds is 6. The van der Waals surface area contributed by atoms with Crippen molar-refractivity contribution in [3.05, 3.63) is 44.9 Å². The van der Waals surface area contributed by atoms with Crippen molar-refractivity contribution >= 4 is 51.5 Å². The molecule has 2 aromatic rings.